The average Bonchev–Trinajstić information content (AvgIpc) is 3.06. The average molecular weight is 305 g/mol. The minimum absolute atomic E-state index is 0.0493. The lowest BCUT2D eigenvalue weighted by Gasteiger charge is -2.04. The summed E-state index contributed by atoms with van der Waals surface area (Å²) in [7, 11) is 0. The van der Waals surface area contributed by atoms with E-state index in [2.05, 4.69) is 5.32 Å². The van der Waals surface area contributed by atoms with Crippen molar-refractivity contribution in [2.24, 2.45) is 0 Å². The van der Waals surface area contributed by atoms with Gasteiger partial charge in [-0.05, 0) is 32.9 Å². The first-order valence-corrected chi connectivity index (χ1v) is 6.62. The van der Waals surface area contributed by atoms with Gasteiger partial charge < -0.3 is 13.6 Å². The summed E-state index contributed by atoms with van der Waals surface area (Å²) in [6.07, 6.45) is 1.34. The number of anilines is 1. The number of hydrogen-bond acceptors (Lipinski definition) is 6. The van der Waals surface area contributed by atoms with E-state index in [-0.39, 0.29) is 40.9 Å². The van der Waals surface area contributed by atoms with Crippen molar-refractivity contribution in [3.63, 3.8) is 0 Å². The van der Waals surface area contributed by atoms with E-state index in [1.54, 1.807) is 13.0 Å². The number of ketones is 1. The molecule has 116 valence electrons. The fraction of sp³-hybridized carbons (Fsp3) is 0.267. The van der Waals surface area contributed by atoms with Crippen molar-refractivity contribution < 1.29 is 28.0 Å². The number of furan rings is 2. The molecule has 2 rings (SSSR count). The second-order valence-corrected chi connectivity index (χ2v) is 4.45. The number of rotatable bonds is 5. The van der Waals surface area contributed by atoms with E-state index in [1.165, 1.54) is 26.2 Å². The monoisotopic (exact) mass is 305 g/mol. The Hall–Kier alpha value is -2.83. The lowest BCUT2D eigenvalue weighted by Crippen LogP contribution is -2.15. The van der Waals surface area contributed by atoms with Gasteiger partial charge in [0.2, 0.25) is 5.88 Å². The molecule has 2 aromatic heterocycles. The number of Topliss-reactive ketones (excluding diaryl/α,β-unsaturated/α-hetero) is 1. The number of amides is 1. The fourth-order valence-corrected chi connectivity index (χ4v) is 2.03. The Morgan fingerprint density at radius 3 is 2.55 bits per heavy atom. The van der Waals surface area contributed by atoms with Gasteiger partial charge in [0, 0.05) is 0 Å². The molecule has 0 unspecified atom stereocenters. The molecule has 0 saturated heterocycles. The van der Waals surface area contributed by atoms with Crippen LogP contribution in [-0.4, -0.2) is 24.3 Å². The Bertz CT molecular complexity index is 711. The number of hydrogen-bond donors (Lipinski definition) is 1. The molecule has 2 heterocycles. The molecule has 0 atom stereocenters. The first kappa shape index (κ1) is 15.6. The largest absolute Gasteiger partial charge is 0.462 e. The highest BCUT2D eigenvalue weighted by molar-refractivity contribution is 6.12. The lowest BCUT2D eigenvalue weighted by molar-refractivity contribution is 0.0524. The summed E-state index contributed by atoms with van der Waals surface area (Å²) in [6.45, 7) is 4.60. The molecule has 7 nitrogen and oxygen atoms in total. The molecule has 22 heavy (non-hydrogen) atoms. The highest BCUT2D eigenvalue weighted by atomic mass is 16.5. The van der Waals surface area contributed by atoms with Crippen molar-refractivity contribution in [1.29, 1.82) is 0 Å². The molecular formula is C15H15NO6. The summed E-state index contributed by atoms with van der Waals surface area (Å²) in [4.78, 5) is 35.8. The number of esters is 1. The third-order valence-corrected chi connectivity index (χ3v) is 2.89. The highest BCUT2D eigenvalue weighted by Gasteiger charge is 2.29. The standard InChI is InChI=1S/C15H15NO6/c1-4-20-15(19)12-11(8(2)17)9(3)22-14(12)16-13(18)10-6-5-7-21-10/h5-7H,4H2,1-3H3,(H,16,18). The van der Waals surface area contributed by atoms with Crippen LogP contribution in [0.25, 0.3) is 0 Å². The van der Waals surface area contributed by atoms with E-state index in [0.29, 0.717) is 0 Å². The molecule has 0 aliphatic heterocycles. The smallest absolute Gasteiger partial charge is 0.344 e. The van der Waals surface area contributed by atoms with Gasteiger partial charge in [0.15, 0.2) is 11.5 Å². The molecule has 2 aromatic rings. The third kappa shape index (κ3) is 2.93. The van der Waals surface area contributed by atoms with Gasteiger partial charge in [-0.25, -0.2) is 4.79 Å². The van der Waals surface area contributed by atoms with Gasteiger partial charge in [0.25, 0.3) is 5.91 Å². The lowest BCUT2D eigenvalue weighted by atomic mass is 10.1. The van der Waals surface area contributed by atoms with Crippen LogP contribution in [0.15, 0.2) is 27.2 Å². The van der Waals surface area contributed by atoms with E-state index in [0.717, 1.165) is 0 Å². The van der Waals surface area contributed by atoms with Gasteiger partial charge in [-0.2, -0.15) is 0 Å². The first-order valence-electron chi connectivity index (χ1n) is 6.62. The second kappa shape index (κ2) is 6.30. The van der Waals surface area contributed by atoms with Crippen LogP contribution in [0.5, 0.6) is 0 Å². The van der Waals surface area contributed by atoms with Crippen LogP contribution in [0.4, 0.5) is 5.88 Å². The normalized spacial score (nSPS) is 10.3. The van der Waals surface area contributed by atoms with Crippen LogP contribution in [0, 0.1) is 6.92 Å². The minimum Gasteiger partial charge on any atom is -0.462 e. The van der Waals surface area contributed by atoms with Crippen LogP contribution in [0.2, 0.25) is 0 Å². The predicted octanol–water partition coefficient (Wildman–Crippen LogP) is 2.81. The third-order valence-electron chi connectivity index (χ3n) is 2.89. The van der Waals surface area contributed by atoms with Crippen LogP contribution in [0.3, 0.4) is 0 Å². The summed E-state index contributed by atoms with van der Waals surface area (Å²) in [5, 5.41) is 2.42. The van der Waals surface area contributed by atoms with Gasteiger partial charge in [-0.15, -0.1) is 0 Å². The highest BCUT2D eigenvalue weighted by Crippen LogP contribution is 2.29. The summed E-state index contributed by atoms with van der Waals surface area (Å²) in [6, 6.07) is 3.01. The topological polar surface area (TPSA) is 98.8 Å². The molecular weight excluding hydrogens is 290 g/mol. The predicted molar refractivity (Wildman–Crippen MR) is 76.1 cm³/mol. The van der Waals surface area contributed by atoms with Crippen molar-refractivity contribution in [1.82, 2.24) is 0 Å². The van der Waals surface area contributed by atoms with E-state index in [1.807, 2.05) is 0 Å². The minimum atomic E-state index is -0.737. The zero-order valence-corrected chi connectivity index (χ0v) is 12.4. The maximum atomic E-state index is 12.1. The Labute approximate surface area is 126 Å². The molecule has 0 spiro atoms. The van der Waals surface area contributed by atoms with Crippen molar-refractivity contribution in [2.45, 2.75) is 20.8 Å². The Kier molecular flexibility index (Phi) is 4.45. The van der Waals surface area contributed by atoms with E-state index in [9.17, 15) is 14.4 Å². The number of carbonyl (C=O) groups is 3. The summed E-state index contributed by atoms with van der Waals surface area (Å²) in [5.41, 5.74) is -0.0000454. The van der Waals surface area contributed by atoms with Crippen LogP contribution < -0.4 is 5.32 Å². The van der Waals surface area contributed by atoms with Crippen LogP contribution in [0.1, 0.15) is 50.9 Å². The molecule has 7 heteroatoms. The van der Waals surface area contributed by atoms with E-state index < -0.39 is 11.9 Å². The summed E-state index contributed by atoms with van der Waals surface area (Å²) < 4.78 is 15.2. The van der Waals surface area contributed by atoms with E-state index in [4.69, 9.17) is 13.6 Å². The van der Waals surface area contributed by atoms with Crippen LogP contribution in [-0.2, 0) is 4.74 Å². The first-order chi connectivity index (χ1) is 10.5. The molecule has 0 fully saturated rings. The van der Waals surface area contributed by atoms with Crippen molar-refractivity contribution in [3.8, 4) is 0 Å². The van der Waals surface area contributed by atoms with Crippen molar-refractivity contribution >= 4 is 23.5 Å². The molecule has 1 amide bonds. The SMILES string of the molecule is CCOC(=O)c1c(NC(=O)c2ccco2)oc(C)c1C(C)=O. The molecule has 0 radical (unpaired) electrons. The summed E-state index contributed by atoms with van der Waals surface area (Å²) in [5.74, 6) is -1.55. The maximum absolute atomic E-state index is 12.1. The molecule has 1 N–H and O–H groups in total. The Morgan fingerprint density at radius 2 is 2.00 bits per heavy atom. The van der Waals surface area contributed by atoms with Gasteiger partial charge in [-0.1, -0.05) is 0 Å². The maximum Gasteiger partial charge on any atom is 0.344 e. The molecule has 0 saturated carbocycles. The van der Waals surface area contributed by atoms with Gasteiger partial charge >= 0.3 is 5.97 Å². The second-order valence-electron chi connectivity index (χ2n) is 4.45. The van der Waals surface area contributed by atoms with Gasteiger partial charge in [0.05, 0.1) is 18.4 Å². The van der Waals surface area contributed by atoms with Gasteiger partial charge in [0.1, 0.15) is 11.3 Å². The molecule has 0 aliphatic rings. The van der Waals surface area contributed by atoms with Crippen molar-refractivity contribution in [3.05, 3.63) is 41.0 Å². The van der Waals surface area contributed by atoms with Crippen molar-refractivity contribution in [2.75, 3.05) is 11.9 Å². The quantitative estimate of drug-likeness (QED) is 0.673. The summed E-state index contributed by atoms with van der Waals surface area (Å²) >= 11 is 0. The Morgan fingerprint density at radius 1 is 1.27 bits per heavy atom. The zero-order chi connectivity index (χ0) is 16.3. The Balaban J connectivity index is 2.42. The molecule has 0 aromatic carbocycles. The van der Waals surface area contributed by atoms with E-state index >= 15 is 0 Å². The molecule has 0 bridgehead atoms. The van der Waals surface area contributed by atoms with Gasteiger partial charge in [-0.3, -0.25) is 14.9 Å². The fourth-order valence-electron chi connectivity index (χ4n) is 2.03. The number of carbonyl (C=O) groups excluding carboxylic acids is 3. The molecule has 0 aliphatic carbocycles. The number of nitrogens with one attached hydrogen (secondary N) is 1. The zero-order valence-electron chi connectivity index (χ0n) is 12.4. The number of ether oxygens (including phenoxy) is 1. The number of aryl methyl sites for hydroxylation is 1. The van der Waals surface area contributed by atoms with Crippen LogP contribution >= 0.6 is 0 Å².